The number of nitrogens with one attached hydrogen (secondary N) is 2. The minimum atomic E-state index is -0.687. The van der Waals surface area contributed by atoms with Crippen LogP contribution in [0.25, 0.3) is 0 Å². The summed E-state index contributed by atoms with van der Waals surface area (Å²) in [4.78, 5) is 46.9. The number of allylic oxidation sites excluding steroid dienone is 1. The maximum absolute atomic E-state index is 14.5. The third-order valence-corrected chi connectivity index (χ3v) is 4.84. The summed E-state index contributed by atoms with van der Waals surface area (Å²) in [6.45, 7) is 1.19. The van der Waals surface area contributed by atoms with Gasteiger partial charge in [0.25, 0.3) is 5.91 Å². The number of nitrogens with zero attached hydrogens (tertiary/aromatic N) is 1. The first-order valence-corrected chi connectivity index (χ1v) is 8.62. The van der Waals surface area contributed by atoms with Crippen LogP contribution in [0, 0.1) is 11.7 Å². The molecule has 3 rings (SSSR count). The van der Waals surface area contributed by atoms with Gasteiger partial charge in [0.05, 0.1) is 11.6 Å². The molecule has 0 saturated carbocycles. The third-order valence-electron chi connectivity index (χ3n) is 4.84. The van der Waals surface area contributed by atoms with Crippen LogP contribution in [0.15, 0.2) is 29.6 Å². The average molecular weight is 371 g/mol. The van der Waals surface area contributed by atoms with Gasteiger partial charge in [-0.15, -0.1) is 0 Å². The summed E-state index contributed by atoms with van der Waals surface area (Å²) in [6, 6.07) is 3.60. The molecule has 2 fully saturated rings. The quantitative estimate of drug-likeness (QED) is 0.599. The number of benzene rings is 1. The van der Waals surface area contributed by atoms with E-state index in [0.29, 0.717) is 31.6 Å². The highest BCUT2D eigenvalue weighted by Gasteiger charge is 2.27. The monoisotopic (exact) mass is 371 g/mol. The summed E-state index contributed by atoms with van der Waals surface area (Å²) in [7, 11) is 0. The topological polar surface area (TPSA) is 95.6 Å². The van der Waals surface area contributed by atoms with E-state index in [1.807, 2.05) is 4.90 Å². The van der Waals surface area contributed by atoms with E-state index in [0.717, 1.165) is 12.7 Å². The van der Waals surface area contributed by atoms with Crippen molar-refractivity contribution in [3.63, 3.8) is 0 Å². The summed E-state index contributed by atoms with van der Waals surface area (Å²) in [5.74, 6) is 1.93. The molecule has 0 radical (unpaired) electrons. The SMILES string of the molecule is O=C=C1CC[C@H](NC(=O)c2ccc(N3CCC(C=O)C3)cc2F)C(=C=O)N1. The van der Waals surface area contributed by atoms with E-state index in [-0.39, 0.29) is 22.9 Å². The fourth-order valence-corrected chi connectivity index (χ4v) is 3.32. The minimum absolute atomic E-state index is 0.0157. The first kappa shape index (κ1) is 18.6. The maximum atomic E-state index is 14.5. The maximum Gasteiger partial charge on any atom is 0.254 e. The Morgan fingerprint density at radius 3 is 2.74 bits per heavy atom. The van der Waals surface area contributed by atoms with Crippen LogP contribution in [0.3, 0.4) is 0 Å². The van der Waals surface area contributed by atoms with Crippen LogP contribution in [-0.4, -0.2) is 43.2 Å². The smallest absolute Gasteiger partial charge is 0.254 e. The van der Waals surface area contributed by atoms with E-state index in [1.165, 1.54) is 12.1 Å². The van der Waals surface area contributed by atoms with Crippen molar-refractivity contribution in [1.29, 1.82) is 0 Å². The molecule has 2 heterocycles. The van der Waals surface area contributed by atoms with Crippen molar-refractivity contribution in [2.45, 2.75) is 25.3 Å². The zero-order chi connectivity index (χ0) is 19.4. The Bertz CT molecular complexity index is 872. The molecule has 0 aromatic heterocycles. The lowest BCUT2D eigenvalue weighted by Crippen LogP contribution is -2.43. The minimum Gasteiger partial charge on any atom is -0.371 e. The molecule has 8 heteroatoms. The Labute approximate surface area is 154 Å². The first-order chi connectivity index (χ1) is 13.0. The molecule has 2 aliphatic rings. The number of amides is 1. The van der Waals surface area contributed by atoms with Crippen molar-refractivity contribution in [3.8, 4) is 0 Å². The standard InChI is InChI=1S/C19H18FN3O4/c20-16-7-14(23-6-5-12(8-23)9-24)2-3-15(16)19(27)22-17-4-1-13(10-25)21-18(17)11-26/h2-3,7,9,12,17,21H,1,4-6,8H2,(H,22,27)/t12?,17-/m0/s1. The molecule has 0 spiro atoms. The van der Waals surface area contributed by atoms with E-state index in [1.54, 1.807) is 17.9 Å². The van der Waals surface area contributed by atoms with Gasteiger partial charge in [-0.25, -0.2) is 14.0 Å². The Kier molecular flexibility index (Phi) is 5.50. The summed E-state index contributed by atoms with van der Waals surface area (Å²) in [5, 5.41) is 5.16. The van der Waals surface area contributed by atoms with Gasteiger partial charge in [-0.2, -0.15) is 0 Å². The molecule has 2 saturated heterocycles. The van der Waals surface area contributed by atoms with E-state index < -0.39 is 17.8 Å². The molecule has 1 aromatic rings. The van der Waals surface area contributed by atoms with Gasteiger partial charge in [-0.3, -0.25) is 4.79 Å². The van der Waals surface area contributed by atoms with Gasteiger partial charge in [0.2, 0.25) is 0 Å². The van der Waals surface area contributed by atoms with Crippen LogP contribution in [0.5, 0.6) is 0 Å². The fraction of sp³-hybridized carbons (Fsp3) is 0.368. The molecule has 2 atom stereocenters. The van der Waals surface area contributed by atoms with Gasteiger partial charge in [0, 0.05) is 31.1 Å². The predicted molar refractivity (Wildman–Crippen MR) is 94.8 cm³/mol. The molecule has 1 unspecified atom stereocenters. The highest BCUT2D eigenvalue weighted by molar-refractivity contribution is 5.95. The number of hydrogen-bond acceptors (Lipinski definition) is 6. The number of carbonyl (C=O) groups excluding carboxylic acids is 4. The number of halogens is 1. The largest absolute Gasteiger partial charge is 0.371 e. The average Bonchev–Trinajstić information content (AvgIpc) is 3.17. The Morgan fingerprint density at radius 2 is 2.11 bits per heavy atom. The summed E-state index contributed by atoms with van der Waals surface area (Å²) < 4.78 is 14.5. The number of aldehydes is 1. The van der Waals surface area contributed by atoms with Crippen LogP contribution >= 0.6 is 0 Å². The number of rotatable bonds is 4. The molecule has 7 nitrogen and oxygen atoms in total. The van der Waals surface area contributed by atoms with Crippen molar-refractivity contribution >= 4 is 29.8 Å². The highest BCUT2D eigenvalue weighted by atomic mass is 19.1. The molecular formula is C19H18FN3O4. The normalized spacial score (nSPS) is 21.9. The van der Waals surface area contributed by atoms with E-state index >= 15 is 0 Å². The van der Waals surface area contributed by atoms with Crippen LogP contribution in [-0.2, 0) is 14.4 Å². The second kappa shape index (κ2) is 7.99. The zero-order valence-electron chi connectivity index (χ0n) is 14.5. The molecule has 0 bridgehead atoms. The molecule has 1 amide bonds. The van der Waals surface area contributed by atoms with Gasteiger partial charge in [0.15, 0.2) is 0 Å². The molecule has 2 aliphatic heterocycles. The number of anilines is 1. The lowest BCUT2D eigenvalue weighted by Gasteiger charge is -2.25. The zero-order valence-corrected chi connectivity index (χ0v) is 14.5. The van der Waals surface area contributed by atoms with Crippen molar-refractivity contribution in [3.05, 3.63) is 41.0 Å². The second-order valence-corrected chi connectivity index (χ2v) is 6.58. The van der Waals surface area contributed by atoms with E-state index in [2.05, 4.69) is 10.6 Å². The summed E-state index contributed by atoms with van der Waals surface area (Å²) >= 11 is 0. The second-order valence-electron chi connectivity index (χ2n) is 6.58. The van der Waals surface area contributed by atoms with Gasteiger partial charge >= 0.3 is 0 Å². The van der Waals surface area contributed by atoms with Crippen molar-refractivity contribution in [2.24, 2.45) is 5.92 Å². The van der Waals surface area contributed by atoms with Crippen molar-refractivity contribution < 1.29 is 23.6 Å². The van der Waals surface area contributed by atoms with Crippen LogP contribution in [0.2, 0.25) is 0 Å². The van der Waals surface area contributed by atoms with Gasteiger partial charge in [-0.1, -0.05) is 0 Å². The molecule has 2 N–H and O–H groups in total. The summed E-state index contributed by atoms with van der Waals surface area (Å²) in [5.41, 5.74) is 0.699. The first-order valence-electron chi connectivity index (χ1n) is 8.62. The summed E-state index contributed by atoms with van der Waals surface area (Å²) in [6.07, 6.45) is 2.25. The molecule has 1 aromatic carbocycles. The Morgan fingerprint density at radius 1 is 1.30 bits per heavy atom. The van der Waals surface area contributed by atoms with Gasteiger partial charge in [-0.05, 0) is 31.0 Å². The third kappa shape index (κ3) is 3.97. The van der Waals surface area contributed by atoms with Gasteiger partial charge in [0.1, 0.15) is 35.4 Å². The fourth-order valence-electron chi connectivity index (χ4n) is 3.32. The van der Waals surface area contributed by atoms with Gasteiger partial charge < -0.3 is 20.3 Å². The number of piperidine rings is 1. The van der Waals surface area contributed by atoms with Crippen molar-refractivity contribution in [2.75, 3.05) is 18.0 Å². The number of carbonyl (C=O) groups is 2. The van der Waals surface area contributed by atoms with E-state index in [4.69, 9.17) is 0 Å². The molecular weight excluding hydrogens is 353 g/mol. The van der Waals surface area contributed by atoms with Crippen LogP contribution < -0.4 is 15.5 Å². The lowest BCUT2D eigenvalue weighted by molar-refractivity contribution is -0.110. The Hall–Kier alpha value is -3.21. The highest BCUT2D eigenvalue weighted by Crippen LogP contribution is 2.25. The van der Waals surface area contributed by atoms with Crippen LogP contribution in [0.1, 0.15) is 29.6 Å². The van der Waals surface area contributed by atoms with Crippen molar-refractivity contribution in [1.82, 2.24) is 10.6 Å². The molecule has 0 aliphatic carbocycles. The molecule has 27 heavy (non-hydrogen) atoms. The Balaban J connectivity index is 1.71. The molecule has 140 valence electrons. The lowest BCUT2D eigenvalue weighted by atomic mass is 10.0. The number of hydrogen-bond donors (Lipinski definition) is 2. The predicted octanol–water partition coefficient (Wildman–Crippen LogP) is 0.764. The van der Waals surface area contributed by atoms with E-state index in [9.17, 15) is 23.6 Å². The van der Waals surface area contributed by atoms with Crippen LogP contribution in [0.4, 0.5) is 10.1 Å².